The van der Waals surface area contributed by atoms with Crippen molar-refractivity contribution in [2.24, 2.45) is 0 Å². The van der Waals surface area contributed by atoms with Gasteiger partial charge in [0, 0.05) is 26.2 Å². The fraction of sp³-hybridized carbons (Fsp3) is 0.429. The van der Waals surface area contributed by atoms with Crippen LogP contribution >= 0.6 is 12.4 Å². The number of aromatic carboxylic acids is 1. The SMILES string of the molecule is CN1CCN(C(=O)Cc2ccccc2C(=O)O)CC1.Cl. The lowest BCUT2D eigenvalue weighted by Gasteiger charge is -2.32. The summed E-state index contributed by atoms with van der Waals surface area (Å²) in [4.78, 5) is 27.2. The van der Waals surface area contributed by atoms with Crippen LogP contribution in [0.5, 0.6) is 0 Å². The Hall–Kier alpha value is -1.59. The van der Waals surface area contributed by atoms with Crippen molar-refractivity contribution in [1.29, 1.82) is 0 Å². The maximum absolute atomic E-state index is 12.2. The molecular formula is C14H19ClN2O3. The fourth-order valence-electron chi connectivity index (χ4n) is 2.21. The van der Waals surface area contributed by atoms with Crippen molar-refractivity contribution in [3.63, 3.8) is 0 Å². The van der Waals surface area contributed by atoms with Gasteiger partial charge in [-0.25, -0.2) is 4.79 Å². The zero-order valence-corrected chi connectivity index (χ0v) is 12.2. The van der Waals surface area contributed by atoms with Gasteiger partial charge in [0.2, 0.25) is 5.91 Å². The molecule has 0 bridgehead atoms. The minimum Gasteiger partial charge on any atom is -0.478 e. The number of hydrogen-bond acceptors (Lipinski definition) is 3. The van der Waals surface area contributed by atoms with Crippen LogP contribution in [-0.4, -0.2) is 60.0 Å². The van der Waals surface area contributed by atoms with Crippen molar-refractivity contribution >= 4 is 24.3 Å². The van der Waals surface area contributed by atoms with Crippen LogP contribution in [-0.2, 0) is 11.2 Å². The quantitative estimate of drug-likeness (QED) is 0.908. The van der Waals surface area contributed by atoms with Crippen molar-refractivity contribution < 1.29 is 14.7 Å². The van der Waals surface area contributed by atoms with Crippen molar-refractivity contribution in [2.75, 3.05) is 33.2 Å². The number of carbonyl (C=O) groups excluding carboxylic acids is 1. The molecule has 1 aliphatic rings. The van der Waals surface area contributed by atoms with Crippen LogP contribution in [0.3, 0.4) is 0 Å². The molecule has 110 valence electrons. The van der Waals surface area contributed by atoms with Gasteiger partial charge in [0.15, 0.2) is 0 Å². The molecule has 1 fully saturated rings. The van der Waals surface area contributed by atoms with E-state index in [0.717, 1.165) is 13.1 Å². The molecule has 5 nitrogen and oxygen atoms in total. The summed E-state index contributed by atoms with van der Waals surface area (Å²) < 4.78 is 0. The molecule has 0 spiro atoms. The normalized spacial score (nSPS) is 15.6. The average molecular weight is 299 g/mol. The van der Waals surface area contributed by atoms with Crippen molar-refractivity contribution in [2.45, 2.75) is 6.42 Å². The summed E-state index contributed by atoms with van der Waals surface area (Å²) in [6.07, 6.45) is 0.159. The molecule has 6 heteroatoms. The molecule has 1 saturated heterocycles. The molecule has 1 N–H and O–H groups in total. The van der Waals surface area contributed by atoms with Gasteiger partial charge in [-0.2, -0.15) is 0 Å². The predicted molar refractivity (Wildman–Crippen MR) is 78.4 cm³/mol. The first-order valence-corrected chi connectivity index (χ1v) is 6.35. The molecule has 1 aromatic carbocycles. The minimum atomic E-state index is -0.984. The molecule has 0 atom stereocenters. The van der Waals surface area contributed by atoms with Gasteiger partial charge in [-0.15, -0.1) is 12.4 Å². The number of benzene rings is 1. The Bertz CT molecular complexity index is 485. The number of carbonyl (C=O) groups is 2. The molecule has 1 aromatic rings. The van der Waals surface area contributed by atoms with Crippen LogP contribution in [0.1, 0.15) is 15.9 Å². The maximum Gasteiger partial charge on any atom is 0.335 e. The summed E-state index contributed by atoms with van der Waals surface area (Å²) in [6.45, 7) is 3.16. The van der Waals surface area contributed by atoms with Crippen molar-refractivity contribution in [3.05, 3.63) is 35.4 Å². The first-order valence-electron chi connectivity index (χ1n) is 6.35. The van der Waals surface area contributed by atoms with E-state index in [2.05, 4.69) is 4.90 Å². The number of carboxylic acids is 1. The molecule has 20 heavy (non-hydrogen) atoms. The Morgan fingerprint density at radius 1 is 1.15 bits per heavy atom. The van der Waals surface area contributed by atoms with Gasteiger partial charge < -0.3 is 14.9 Å². The molecule has 0 aliphatic carbocycles. The molecule has 0 unspecified atom stereocenters. The zero-order valence-electron chi connectivity index (χ0n) is 11.4. The lowest BCUT2D eigenvalue weighted by molar-refractivity contribution is -0.132. The molecular weight excluding hydrogens is 280 g/mol. The van der Waals surface area contributed by atoms with Gasteiger partial charge in [-0.3, -0.25) is 4.79 Å². The second kappa shape index (κ2) is 7.26. The lowest BCUT2D eigenvalue weighted by Crippen LogP contribution is -2.47. The molecule has 0 saturated carbocycles. The lowest BCUT2D eigenvalue weighted by atomic mass is 10.0. The number of carboxylic acid groups (broad SMARTS) is 1. The van der Waals surface area contributed by atoms with Gasteiger partial charge in [-0.1, -0.05) is 18.2 Å². The molecule has 1 aliphatic heterocycles. The number of rotatable bonds is 3. The van der Waals surface area contributed by atoms with E-state index >= 15 is 0 Å². The number of halogens is 1. The van der Waals surface area contributed by atoms with Gasteiger partial charge in [0.05, 0.1) is 12.0 Å². The van der Waals surface area contributed by atoms with Crippen LogP contribution in [0.2, 0.25) is 0 Å². The summed E-state index contributed by atoms with van der Waals surface area (Å²) in [7, 11) is 2.03. The number of amides is 1. The Labute approximate surface area is 124 Å². The summed E-state index contributed by atoms with van der Waals surface area (Å²) in [5.74, 6) is -0.983. The van der Waals surface area contributed by atoms with Crippen LogP contribution in [0.4, 0.5) is 0 Å². The number of likely N-dealkylation sites (N-methyl/N-ethyl adjacent to an activating group) is 1. The second-order valence-electron chi connectivity index (χ2n) is 4.82. The number of nitrogens with zero attached hydrogens (tertiary/aromatic N) is 2. The topological polar surface area (TPSA) is 60.9 Å². The highest BCUT2D eigenvalue weighted by molar-refractivity contribution is 5.91. The van der Waals surface area contributed by atoms with Crippen molar-refractivity contribution in [3.8, 4) is 0 Å². The number of hydrogen-bond donors (Lipinski definition) is 1. The third-order valence-electron chi connectivity index (χ3n) is 3.45. The molecule has 0 radical (unpaired) electrons. The van der Waals surface area contributed by atoms with Crippen LogP contribution in [0.15, 0.2) is 24.3 Å². The first-order chi connectivity index (χ1) is 9.08. The van der Waals surface area contributed by atoms with E-state index in [1.165, 1.54) is 6.07 Å². The van der Waals surface area contributed by atoms with E-state index < -0.39 is 5.97 Å². The monoisotopic (exact) mass is 298 g/mol. The Morgan fingerprint density at radius 3 is 2.35 bits per heavy atom. The summed E-state index contributed by atoms with van der Waals surface area (Å²) in [6, 6.07) is 6.68. The molecule has 1 amide bonds. The van der Waals surface area contributed by atoms with Crippen LogP contribution < -0.4 is 0 Å². The van der Waals surface area contributed by atoms with Crippen LogP contribution in [0, 0.1) is 0 Å². The smallest absolute Gasteiger partial charge is 0.335 e. The van der Waals surface area contributed by atoms with E-state index in [9.17, 15) is 9.59 Å². The van der Waals surface area contributed by atoms with E-state index in [1.807, 2.05) is 7.05 Å². The molecule has 1 heterocycles. The highest BCUT2D eigenvalue weighted by atomic mass is 35.5. The average Bonchev–Trinajstić information content (AvgIpc) is 2.39. The Morgan fingerprint density at radius 2 is 1.75 bits per heavy atom. The highest BCUT2D eigenvalue weighted by Gasteiger charge is 2.20. The summed E-state index contributed by atoms with van der Waals surface area (Å²) >= 11 is 0. The number of piperazine rings is 1. The van der Waals surface area contributed by atoms with E-state index in [4.69, 9.17) is 5.11 Å². The Kier molecular flexibility index (Phi) is 5.98. The van der Waals surface area contributed by atoms with E-state index in [-0.39, 0.29) is 30.3 Å². The summed E-state index contributed by atoms with van der Waals surface area (Å²) in [5, 5.41) is 9.09. The predicted octanol–water partition coefficient (Wildman–Crippen LogP) is 1.12. The fourth-order valence-corrected chi connectivity index (χ4v) is 2.21. The third kappa shape index (κ3) is 3.95. The zero-order chi connectivity index (χ0) is 13.8. The first kappa shape index (κ1) is 16.5. The van der Waals surface area contributed by atoms with Gasteiger partial charge in [-0.05, 0) is 18.7 Å². The van der Waals surface area contributed by atoms with Gasteiger partial charge in [0.1, 0.15) is 0 Å². The van der Waals surface area contributed by atoms with E-state index in [0.29, 0.717) is 18.7 Å². The molecule has 2 rings (SSSR count). The van der Waals surface area contributed by atoms with Gasteiger partial charge >= 0.3 is 5.97 Å². The summed E-state index contributed by atoms with van der Waals surface area (Å²) in [5.41, 5.74) is 0.795. The van der Waals surface area contributed by atoms with Crippen molar-refractivity contribution in [1.82, 2.24) is 9.80 Å². The maximum atomic E-state index is 12.2. The third-order valence-corrected chi connectivity index (χ3v) is 3.45. The second-order valence-corrected chi connectivity index (χ2v) is 4.82. The van der Waals surface area contributed by atoms with E-state index in [1.54, 1.807) is 23.1 Å². The molecule has 0 aromatic heterocycles. The Balaban J connectivity index is 0.00000200. The van der Waals surface area contributed by atoms with Gasteiger partial charge in [0.25, 0.3) is 0 Å². The highest BCUT2D eigenvalue weighted by Crippen LogP contribution is 2.12. The standard InChI is InChI=1S/C14H18N2O3.ClH/c1-15-6-8-16(9-7-15)13(17)10-11-4-2-3-5-12(11)14(18)19;/h2-5H,6-10H2,1H3,(H,18,19);1H. The van der Waals surface area contributed by atoms with Crippen LogP contribution in [0.25, 0.3) is 0 Å². The largest absolute Gasteiger partial charge is 0.478 e. The minimum absolute atomic E-state index is 0.